The average molecular weight is 253 g/mol. The summed E-state index contributed by atoms with van der Waals surface area (Å²) in [5.41, 5.74) is 0.574. The highest BCUT2D eigenvalue weighted by molar-refractivity contribution is 5.44. The van der Waals surface area contributed by atoms with Crippen LogP contribution in [0.5, 0.6) is 17.2 Å². The van der Waals surface area contributed by atoms with Crippen LogP contribution in [0, 0.1) is 11.3 Å². The molecule has 0 radical (unpaired) electrons. The first-order valence-corrected chi connectivity index (χ1v) is 6.23. The van der Waals surface area contributed by atoms with Crippen LogP contribution in [0.1, 0.15) is 18.9 Å². The summed E-state index contributed by atoms with van der Waals surface area (Å²) in [6.45, 7) is 2.71. The first-order valence-electron chi connectivity index (χ1n) is 6.23. The molecule has 0 aromatic heterocycles. The van der Waals surface area contributed by atoms with E-state index in [1.807, 2.05) is 30.3 Å². The predicted octanol–water partition coefficient (Wildman–Crippen LogP) is 4.14. The molecule has 0 heterocycles. The summed E-state index contributed by atoms with van der Waals surface area (Å²) in [4.78, 5) is 0. The molecule has 0 unspecified atom stereocenters. The number of hydrogen-bond acceptors (Lipinski definition) is 3. The third kappa shape index (κ3) is 3.49. The molecule has 0 aliphatic rings. The monoisotopic (exact) mass is 253 g/mol. The number of rotatable bonds is 5. The van der Waals surface area contributed by atoms with Gasteiger partial charge in [-0.2, -0.15) is 5.26 Å². The molecule has 0 N–H and O–H groups in total. The molecule has 3 heteroatoms. The number of ether oxygens (including phenoxy) is 2. The van der Waals surface area contributed by atoms with Crippen LogP contribution in [0.2, 0.25) is 0 Å². The predicted molar refractivity (Wildman–Crippen MR) is 73.5 cm³/mol. The fraction of sp³-hybridized carbons (Fsp3) is 0.188. The molecule has 0 amide bonds. The Hall–Kier alpha value is -2.47. The second-order valence-corrected chi connectivity index (χ2v) is 4.04. The maximum absolute atomic E-state index is 8.87. The zero-order chi connectivity index (χ0) is 13.5. The van der Waals surface area contributed by atoms with Crippen LogP contribution in [0.3, 0.4) is 0 Å². The smallest absolute Gasteiger partial charge is 0.169 e. The van der Waals surface area contributed by atoms with Crippen LogP contribution in [-0.4, -0.2) is 6.61 Å². The van der Waals surface area contributed by atoms with Gasteiger partial charge in [-0.05, 0) is 36.8 Å². The van der Waals surface area contributed by atoms with Crippen molar-refractivity contribution in [1.29, 1.82) is 5.26 Å². The van der Waals surface area contributed by atoms with E-state index in [0.717, 1.165) is 6.42 Å². The molecule has 2 aromatic rings. The minimum atomic E-state index is 0.574. The molecule has 0 saturated carbocycles. The Morgan fingerprint density at radius 1 is 1.05 bits per heavy atom. The SMILES string of the molecule is CCCOc1ccccc1Oc1cccc(C#N)c1. The minimum absolute atomic E-state index is 0.574. The standard InChI is InChI=1S/C16H15NO2/c1-2-10-18-15-8-3-4-9-16(15)19-14-7-5-6-13(11-14)12-17/h3-9,11H,2,10H2,1H3. The van der Waals surface area contributed by atoms with Gasteiger partial charge in [0.1, 0.15) is 5.75 Å². The summed E-state index contributed by atoms with van der Waals surface area (Å²) < 4.78 is 11.4. The topological polar surface area (TPSA) is 42.2 Å². The number of benzene rings is 2. The Balaban J connectivity index is 2.20. The lowest BCUT2D eigenvalue weighted by molar-refractivity contribution is 0.302. The van der Waals surface area contributed by atoms with Crippen LogP contribution in [-0.2, 0) is 0 Å². The van der Waals surface area contributed by atoms with E-state index in [9.17, 15) is 0 Å². The van der Waals surface area contributed by atoms with Gasteiger partial charge in [-0.3, -0.25) is 0 Å². The molecular weight excluding hydrogens is 238 g/mol. The number of hydrogen-bond donors (Lipinski definition) is 0. The summed E-state index contributed by atoms with van der Waals surface area (Å²) in [6.07, 6.45) is 0.943. The minimum Gasteiger partial charge on any atom is -0.490 e. The van der Waals surface area contributed by atoms with Gasteiger partial charge < -0.3 is 9.47 Å². The van der Waals surface area contributed by atoms with Crippen LogP contribution in [0.25, 0.3) is 0 Å². The van der Waals surface area contributed by atoms with Crippen molar-refractivity contribution in [2.24, 2.45) is 0 Å². The van der Waals surface area contributed by atoms with Crippen molar-refractivity contribution >= 4 is 0 Å². The number of nitrogens with zero attached hydrogens (tertiary/aromatic N) is 1. The van der Waals surface area contributed by atoms with Crippen molar-refractivity contribution in [3.63, 3.8) is 0 Å². The normalized spacial score (nSPS) is 9.68. The van der Waals surface area contributed by atoms with Gasteiger partial charge in [-0.15, -0.1) is 0 Å². The average Bonchev–Trinajstić information content (AvgIpc) is 2.46. The zero-order valence-electron chi connectivity index (χ0n) is 10.8. The van der Waals surface area contributed by atoms with Gasteiger partial charge in [0.15, 0.2) is 11.5 Å². The summed E-state index contributed by atoms with van der Waals surface area (Å²) in [6, 6.07) is 16.7. The van der Waals surface area contributed by atoms with Crippen molar-refractivity contribution in [3.8, 4) is 23.3 Å². The third-order valence-electron chi connectivity index (χ3n) is 2.50. The van der Waals surface area contributed by atoms with Crippen molar-refractivity contribution < 1.29 is 9.47 Å². The van der Waals surface area contributed by atoms with Gasteiger partial charge in [-0.25, -0.2) is 0 Å². The third-order valence-corrected chi connectivity index (χ3v) is 2.50. The molecule has 2 aromatic carbocycles. The zero-order valence-corrected chi connectivity index (χ0v) is 10.8. The Morgan fingerprint density at radius 2 is 1.84 bits per heavy atom. The lowest BCUT2D eigenvalue weighted by atomic mass is 10.2. The van der Waals surface area contributed by atoms with Gasteiger partial charge in [0, 0.05) is 0 Å². The fourth-order valence-corrected chi connectivity index (χ4v) is 1.62. The summed E-state index contributed by atoms with van der Waals surface area (Å²) >= 11 is 0. The van der Waals surface area contributed by atoms with E-state index < -0.39 is 0 Å². The summed E-state index contributed by atoms with van der Waals surface area (Å²) in [5, 5.41) is 8.87. The molecule has 0 spiro atoms. The molecule has 0 saturated heterocycles. The summed E-state index contributed by atoms with van der Waals surface area (Å²) in [5.74, 6) is 2.00. The van der Waals surface area contributed by atoms with Crippen molar-refractivity contribution in [3.05, 3.63) is 54.1 Å². The second-order valence-electron chi connectivity index (χ2n) is 4.04. The number of para-hydroxylation sites is 2. The van der Waals surface area contributed by atoms with E-state index in [0.29, 0.717) is 29.4 Å². The van der Waals surface area contributed by atoms with Crippen molar-refractivity contribution in [2.45, 2.75) is 13.3 Å². The molecule has 0 fully saturated rings. The van der Waals surface area contributed by atoms with Crippen LogP contribution in [0.15, 0.2) is 48.5 Å². The highest BCUT2D eigenvalue weighted by Gasteiger charge is 2.05. The van der Waals surface area contributed by atoms with Crippen molar-refractivity contribution in [2.75, 3.05) is 6.61 Å². The van der Waals surface area contributed by atoms with Gasteiger partial charge in [0.25, 0.3) is 0 Å². The molecule has 0 bridgehead atoms. The highest BCUT2D eigenvalue weighted by atomic mass is 16.5. The van der Waals surface area contributed by atoms with Crippen LogP contribution in [0.4, 0.5) is 0 Å². The first kappa shape index (κ1) is 13.0. The van der Waals surface area contributed by atoms with Gasteiger partial charge in [0.2, 0.25) is 0 Å². The van der Waals surface area contributed by atoms with E-state index >= 15 is 0 Å². The Kier molecular flexibility index (Phi) is 4.41. The molecule has 0 atom stereocenters. The van der Waals surface area contributed by atoms with E-state index in [4.69, 9.17) is 14.7 Å². The van der Waals surface area contributed by atoms with E-state index in [1.165, 1.54) is 0 Å². The largest absolute Gasteiger partial charge is 0.490 e. The molecular formula is C16H15NO2. The maximum Gasteiger partial charge on any atom is 0.169 e. The van der Waals surface area contributed by atoms with E-state index in [-0.39, 0.29) is 0 Å². The Morgan fingerprint density at radius 3 is 2.58 bits per heavy atom. The van der Waals surface area contributed by atoms with Crippen LogP contribution < -0.4 is 9.47 Å². The summed E-state index contributed by atoms with van der Waals surface area (Å²) in [7, 11) is 0. The van der Waals surface area contributed by atoms with Gasteiger partial charge >= 0.3 is 0 Å². The number of nitriles is 1. The second kappa shape index (κ2) is 6.46. The molecule has 3 nitrogen and oxygen atoms in total. The molecule has 2 rings (SSSR count). The first-order chi connectivity index (χ1) is 9.33. The Bertz CT molecular complexity index is 587. The van der Waals surface area contributed by atoms with Crippen molar-refractivity contribution in [1.82, 2.24) is 0 Å². The van der Waals surface area contributed by atoms with Crippen LogP contribution >= 0.6 is 0 Å². The molecule has 96 valence electrons. The maximum atomic E-state index is 8.87. The van der Waals surface area contributed by atoms with Gasteiger partial charge in [-0.1, -0.05) is 25.1 Å². The highest BCUT2D eigenvalue weighted by Crippen LogP contribution is 2.31. The quantitative estimate of drug-likeness (QED) is 0.804. The lowest BCUT2D eigenvalue weighted by Crippen LogP contribution is -1.97. The van der Waals surface area contributed by atoms with E-state index in [1.54, 1.807) is 18.2 Å². The lowest BCUT2D eigenvalue weighted by Gasteiger charge is -2.11. The fourth-order valence-electron chi connectivity index (χ4n) is 1.62. The molecule has 19 heavy (non-hydrogen) atoms. The van der Waals surface area contributed by atoms with Gasteiger partial charge in [0.05, 0.1) is 18.2 Å². The molecule has 0 aliphatic carbocycles. The molecule has 0 aliphatic heterocycles. The Labute approximate surface area is 113 Å². The van der Waals surface area contributed by atoms with E-state index in [2.05, 4.69) is 13.0 Å².